The maximum absolute atomic E-state index is 13.8. The van der Waals surface area contributed by atoms with Gasteiger partial charge in [-0.15, -0.1) is 0 Å². The molecule has 0 fully saturated rings. The van der Waals surface area contributed by atoms with Crippen LogP contribution in [0.4, 0.5) is 4.39 Å². The van der Waals surface area contributed by atoms with Crippen LogP contribution in [0.5, 0.6) is 0 Å². The Hall–Kier alpha value is -2.01. The van der Waals surface area contributed by atoms with Gasteiger partial charge in [0.05, 0.1) is 19.0 Å². The van der Waals surface area contributed by atoms with Crippen LogP contribution < -0.4 is 0 Å². The molecular formula is C16H19FN2O2. The number of esters is 1. The van der Waals surface area contributed by atoms with Crippen LogP contribution in [0, 0.1) is 5.82 Å². The number of rotatable bonds is 6. The van der Waals surface area contributed by atoms with Crippen LogP contribution in [0.2, 0.25) is 0 Å². The molecule has 0 aliphatic rings. The monoisotopic (exact) mass is 290 g/mol. The average Bonchev–Trinajstić information content (AvgIpc) is 2.53. The van der Waals surface area contributed by atoms with Gasteiger partial charge < -0.3 is 4.74 Å². The van der Waals surface area contributed by atoms with Crippen molar-refractivity contribution in [1.29, 1.82) is 0 Å². The zero-order valence-corrected chi connectivity index (χ0v) is 12.3. The summed E-state index contributed by atoms with van der Waals surface area (Å²) in [6.45, 7) is 4.05. The number of hydrogen-bond acceptors (Lipinski definition) is 4. The number of fused-ring (bicyclic) bond motifs is 1. The fourth-order valence-electron chi connectivity index (χ4n) is 2.27. The number of carbonyl (C=O) groups excluding carboxylic acids is 1. The Morgan fingerprint density at radius 1 is 1.38 bits per heavy atom. The van der Waals surface area contributed by atoms with E-state index in [4.69, 9.17) is 0 Å². The first kappa shape index (κ1) is 15.4. The Bertz CT molecular complexity index is 631. The zero-order valence-electron chi connectivity index (χ0n) is 12.3. The highest BCUT2D eigenvalue weighted by Crippen LogP contribution is 2.21. The normalized spacial score (nSPS) is 11.0. The van der Waals surface area contributed by atoms with Gasteiger partial charge >= 0.3 is 5.97 Å². The molecule has 0 N–H and O–H groups in total. The number of carbonyl (C=O) groups is 1. The summed E-state index contributed by atoms with van der Waals surface area (Å²) in [6.07, 6.45) is 2.01. The highest BCUT2D eigenvalue weighted by molar-refractivity contribution is 5.82. The van der Waals surface area contributed by atoms with Gasteiger partial charge in [0, 0.05) is 24.7 Å². The second-order valence-corrected chi connectivity index (χ2v) is 4.80. The average molecular weight is 290 g/mol. The topological polar surface area (TPSA) is 42.4 Å². The van der Waals surface area contributed by atoms with E-state index in [-0.39, 0.29) is 11.8 Å². The van der Waals surface area contributed by atoms with Crippen LogP contribution in [0.15, 0.2) is 30.5 Å². The number of pyridine rings is 1. The van der Waals surface area contributed by atoms with Crippen LogP contribution in [-0.2, 0) is 16.1 Å². The molecule has 1 aromatic heterocycles. The summed E-state index contributed by atoms with van der Waals surface area (Å²) >= 11 is 0. The molecule has 0 spiro atoms. The summed E-state index contributed by atoms with van der Waals surface area (Å²) in [5.41, 5.74) is 1.63. The molecule has 112 valence electrons. The number of benzene rings is 1. The predicted octanol–water partition coefficient (Wildman–Crippen LogP) is 2.76. The van der Waals surface area contributed by atoms with Crippen molar-refractivity contribution in [2.24, 2.45) is 0 Å². The van der Waals surface area contributed by atoms with Crippen LogP contribution >= 0.6 is 0 Å². The molecule has 1 heterocycles. The summed E-state index contributed by atoms with van der Waals surface area (Å²) in [7, 11) is 1.38. The van der Waals surface area contributed by atoms with E-state index in [1.54, 1.807) is 24.4 Å². The van der Waals surface area contributed by atoms with E-state index in [0.29, 0.717) is 30.4 Å². The van der Waals surface area contributed by atoms with Crippen LogP contribution in [0.1, 0.15) is 18.9 Å². The fourth-order valence-corrected chi connectivity index (χ4v) is 2.27. The van der Waals surface area contributed by atoms with Crippen LogP contribution in [0.25, 0.3) is 10.9 Å². The minimum Gasteiger partial charge on any atom is -0.469 e. The lowest BCUT2D eigenvalue weighted by Crippen LogP contribution is -2.26. The number of methoxy groups -OCH3 is 1. The van der Waals surface area contributed by atoms with Crippen molar-refractivity contribution in [1.82, 2.24) is 9.88 Å². The van der Waals surface area contributed by atoms with Crippen molar-refractivity contribution in [2.75, 3.05) is 20.2 Å². The molecule has 2 rings (SSSR count). The minimum atomic E-state index is -0.264. The van der Waals surface area contributed by atoms with Crippen LogP contribution in [0.3, 0.4) is 0 Å². The van der Waals surface area contributed by atoms with Gasteiger partial charge in [0.15, 0.2) is 0 Å². The molecule has 0 aliphatic carbocycles. The van der Waals surface area contributed by atoms with Gasteiger partial charge in [-0.05, 0) is 30.3 Å². The van der Waals surface area contributed by atoms with E-state index >= 15 is 0 Å². The first-order chi connectivity index (χ1) is 10.2. The number of hydrogen-bond donors (Lipinski definition) is 0. The highest BCUT2D eigenvalue weighted by atomic mass is 19.1. The van der Waals surface area contributed by atoms with Crippen molar-refractivity contribution in [3.05, 3.63) is 41.8 Å². The maximum atomic E-state index is 13.8. The maximum Gasteiger partial charge on any atom is 0.306 e. The number of halogens is 1. The molecule has 0 atom stereocenters. The molecule has 2 aromatic rings. The summed E-state index contributed by atoms with van der Waals surface area (Å²) in [5.74, 6) is -0.491. The van der Waals surface area contributed by atoms with E-state index < -0.39 is 0 Å². The van der Waals surface area contributed by atoms with Crippen molar-refractivity contribution in [3.63, 3.8) is 0 Å². The molecule has 0 bridgehead atoms. The number of aromatic nitrogens is 1. The van der Waals surface area contributed by atoms with E-state index in [0.717, 1.165) is 12.1 Å². The third-order valence-electron chi connectivity index (χ3n) is 3.50. The third-order valence-corrected chi connectivity index (χ3v) is 3.50. The van der Waals surface area contributed by atoms with Gasteiger partial charge in [0.25, 0.3) is 0 Å². The molecule has 0 unspecified atom stereocenters. The lowest BCUT2D eigenvalue weighted by atomic mass is 10.1. The van der Waals surface area contributed by atoms with Crippen LogP contribution in [-0.4, -0.2) is 36.1 Å². The second kappa shape index (κ2) is 7.13. The standard InChI is InChI=1S/C16H19FN2O2/c1-3-19(10-8-15(20)21-2)11-12-6-7-14(17)13-5-4-9-18-16(12)13/h4-7,9H,3,8,10-11H2,1-2H3. The first-order valence-electron chi connectivity index (χ1n) is 6.97. The molecular weight excluding hydrogens is 271 g/mol. The summed E-state index contributed by atoms with van der Waals surface area (Å²) in [5, 5.41) is 0.527. The molecule has 21 heavy (non-hydrogen) atoms. The van der Waals surface area contributed by atoms with Crippen molar-refractivity contribution >= 4 is 16.9 Å². The molecule has 0 radical (unpaired) electrons. The molecule has 0 amide bonds. The minimum absolute atomic E-state index is 0.226. The van der Waals surface area contributed by atoms with Crippen molar-refractivity contribution in [2.45, 2.75) is 19.9 Å². The molecule has 0 saturated carbocycles. The largest absolute Gasteiger partial charge is 0.469 e. The second-order valence-electron chi connectivity index (χ2n) is 4.80. The van der Waals surface area contributed by atoms with Gasteiger partial charge in [0.2, 0.25) is 0 Å². The lowest BCUT2D eigenvalue weighted by Gasteiger charge is -2.20. The molecule has 5 heteroatoms. The highest BCUT2D eigenvalue weighted by Gasteiger charge is 2.11. The van der Waals surface area contributed by atoms with Gasteiger partial charge in [-0.25, -0.2) is 4.39 Å². The van der Waals surface area contributed by atoms with Gasteiger partial charge in [-0.3, -0.25) is 14.7 Å². The first-order valence-corrected chi connectivity index (χ1v) is 6.97. The molecule has 0 saturated heterocycles. The number of ether oxygens (including phenoxy) is 1. The quantitative estimate of drug-likeness (QED) is 0.767. The number of nitrogens with zero attached hydrogens (tertiary/aromatic N) is 2. The SMILES string of the molecule is CCN(CCC(=O)OC)Cc1ccc(F)c2cccnc12. The molecule has 1 aromatic carbocycles. The van der Waals surface area contributed by atoms with E-state index in [1.807, 2.05) is 6.92 Å². The Morgan fingerprint density at radius 2 is 2.19 bits per heavy atom. The summed E-state index contributed by atoms with van der Waals surface area (Å²) in [4.78, 5) is 17.6. The Kier molecular flexibility index (Phi) is 5.22. The molecule has 0 aliphatic heterocycles. The smallest absolute Gasteiger partial charge is 0.306 e. The van der Waals surface area contributed by atoms with Crippen molar-refractivity contribution in [3.8, 4) is 0 Å². The van der Waals surface area contributed by atoms with E-state index in [9.17, 15) is 9.18 Å². The fraction of sp³-hybridized carbons (Fsp3) is 0.375. The Labute approximate surface area is 123 Å². The lowest BCUT2D eigenvalue weighted by molar-refractivity contribution is -0.141. The van der Waals surface area contributed by atoms with E-state index in [1.165, 1.54) is 13.2 Å². The summed E-state index contributed by atoms with van der Waals surface area (Å²) in [6, 6.07) is 6.68. The van der Waals surface area contributed by atoms with Gasteiger partial charge in [-0.1, -0.05) is 13.0 Å². The zero-order chi connectivity index (χ0) is 15.2. The Morgan fingerprint density at radius 3 is 2.90 bits per heavy atom. The van der Waals surface area contributed by atoms with Gasteiger partial charge in [0.1, 0.15) is 5.82 Å². The molecule has 4 nitrogen and oxygen atoms in total. The predicted molar refractivity (Wildman–Crippen MR) is 79.3 cm³/mol. The van der Waals surface area contributed by atoms with Crippen molar-refractivity contribution < 1.29 is 13.9 Å². The summed E-state index contributed by atoms with van der Waals surface area (Å²) < 4.78 is 18.4. The third kappa shape index (κ3) is 3.76. The van der Waals surface area contributed by atoms with E-state index in [2.05, 4.69) is 14.6 Å². The van der Waals surface area contributed by atoms with Gasteiger partial charge in [-0.2, -0.15) is 0 Å². The Balaban J connectivity index is 2.18.